The first-order chi connectivity index (χ1) is 10.1. The van der Waals surface area contributed by atoms with Gasteiger partial charge in [0.15, 0.2) is 0 Å². The van der Waals surface area contributed by atoms with Gasteiger partial charge in [-0.05, 0) is 47.7 Å². The van der Waals surface area contributed by atoms with Crippen molar-refractivity contribution in [2.75, 3.05) is 11.9 Å². The molecule has 21 heavy (non-hydrogen) atoms. The van der Waals surface area contributed by atoms with Crippen molar-refractivity contribution in [2.24, 2.45) is 0 Å². The second-order valence-corrected chi connectivity index (χ2v) is 5.40. The molecule has 2 aromatic carbocycles. The third-order valence-corrected chi connectivity index (χ3v) is 3.45. The molecule has 0 bridgehead atoms. The number of hydrogen-bond donors (Lipinski definition) is 2. The van der Waals surface area contributed by atoms with E-state index in [9.17, 15) is 4.79 Å². The minimum absolute atomic E-state index is 0.111. The number of nitrogens with one attached hydrogen (secondary N) is 1. The Morgan fingerprint density at radius 1 is 1.05 bits per heavy atom. The summed E-state index contributed by atoms with van der Waals surface area (Å²) in [6.07, 6.45) is 0.630. The van der Waals surface area contributed by atoms with Gasteiger partial charge < -0.3 is 10.4 Å². The van der Waals surface area contributed by atoms with E-state index < -0.39 is 0 Å². The molecule has 3 heteroatoms. The number of carbonyl (C=O) groups is 1. The van der Waals surface area contributed by atoms with Crippen molar-refractivity contribution in [2.45, 2.75) is 26.2 Å². The Bertz CT molecular complexity index is 586. The minimum atomic E-state index is -0.111. The van der Waals surface area contributed by atoms with Crippen LogP contribution < -0.4 is 5.32 Å². The Hall–Kier alpha value is -2.13. The maximum Gasteiger partial charge on any atom is 0.255 e. The fourth-order valence-corrected chi connectivity index (χ4v) is 2.11. The summed E-state index contributed by atoms with van der Waals surface area (Å²) < 4.78 is 0. The van der Waals surface area contributed by atoms with Crippen LogP contribution in [-0.2, 0) is 6.42 Å². The highest BCUT2D eigenvalue weighted by Crippen LogP contribution is 2.16. The Balaban J connectivity index is 2.03. The largest absolute Gasteiger partial charge is 0.396 e. The van der Waals surface area contributed by atoms with E-state index >= 15 is 0 Å². The van der Waals surface area contributed by atoms with E-state index in [1.165, 1.54) is 5.56 Å². The number of rotatable bonds is 5. The molecule has 0 aliphatic carbocycles. The Morgan fingerprint density at radius 3 is 2.19 bits per heavy atom. The van der Waals surface area contributed by atoms with Crippen molar-refractivity contribution < 1.29 is 9.90 Å². The molecule has 0 aromatic heterocycles. The van der Waals surface area contributed by atoms with Gasteiger partial charge in [0.05, 0.1) is 0 Å². The van der Waals surface area contributed by atoms with Crippen LogP contribution in [0.25, 0.3) is 0 Å². The highest BCUT2D eigenvalue weighted by atomic mass is 16.2. The fourth-order valence-electron chi connectivity index (χ4n) is 2.11. The van der Waals surface area contributed by atoms with Crippen LogP contribution in [0.15, 0.2) is 48.5 Å². The monoisotopic (exact) mass is 283 g/mol. The van der Waals surface area contributed by atoms with Crippen molar-refractivity contribution in [1.29, 1.82) is 0 Å². The zero-order valence-electron chi connectivity index (χ0n) is 12.5. The quantitative estimate of drug-likeness (QED) is 0.881. The Morgan fingerprint density at radius 2 is 1.67 bits per heavy atom. The third kappa shape index (κ3) is 4.17. The van der Waals surface area contributed by atoms with E-state index in [1.54, 1.807) is 0 Å². The SMILES string of the molecule is CC(C)c1ccc(C(=O)Nc2ccc(CCO)cc2)cc1. The van der Waals surface area contributed by atoms with E-state index in [0.29, 0.717) is 17.9 Å². The maximum atomic E-state index is 12.2. The molecule has 1 amide bonds. The number of anilines is 1. The van der Waals surface area contributed by atoms with Crippen molar-refractivity contribution >= 4 is 11.6 Å². The smallest absolute Gasteiger partial charge is 0.255 e. The van der Waals surface area contributed by atoms with Gasteiger partial charge in [-0.3, -0.25) is 4.79 Å². The standard InChI is InChI=1S/C18H21NO2/c1-13(2)15-5-7-16(8-6-15)18(21)19-17-9-3-14(4-10-17)11-12-20/h3-10,13,20H,11-12H2,1-2H3,(H,19,21). The van der Waals surface area contributed by atoms with Gasteiger partial charge in [-0.1, -0.05) is 38.1 Å². The van der Waals surface area contributed by atoms with Crippen molar-refractivity contribution in [3.63, 3.8) is 0 Å². The van der Waals surface area contributed by atoms with Crippen molar-refractivity contribution in [3.05, 3.63) is 65.2 Å². The molecule has 0 aliphatic heterocycles. The first-order valence-electron chi connectivity index (χ1n) is 7.21. The molecule has 0 atom stereocenters. The van der Waals surface area contributed by atoms with E-state index in [0.717, 1.165) is 11.3 Å². The number of hydrogen-bond acceptors (Lipinski definition) is 2. The fraction of sp³-hybridized carbons (Fsp3) is 0.278. The molecule has 3 nitrogen and oxygen atoms in total. The molecule has 0 spiro atoms. The molecule has 110 valence electrons. The zero-order valence-corrected chi connectivity index (χ0v) is 12.5. The predicted molar refractivity (Wildman–Crippen MR) is 85.7 cm³/mol. The summed E-state index contributed by atoms with van der Waals surface area (Å²) in [4.78, 5) is 12.2. The van der Waals surface area contributed by atoms with E-state index in [1.807, 2.05) is 48.5 Å². The van der Waals surface area contributed by atoms with Gasteiger partial charge in [0, 0.05) is 17.9 Å². The molecule has 0 heterocycles. The molecular formula is C18H21NO2. The normalized spacial score (nSPS) is 10.7. The van der Waals surface area contributed by atoms with Gasteiger partial charge in [0.25, 0.3) is 5.91 Å². The van der Waals surface area contributed by atoms with Crippen LogP contribution in [0.3, 0.4) is 0 Å². The van der Waals surface area contributed by atoms with E-state index in [4.69, 9.17) is 5.11 Å². The summed E-state index contributed by atoms with van der Waals surface area (Å²) in [6.45, 7) is 4.39. The molecule has 2 N–H and O–H groups in total. The molecule has 0 saturated carbocycles. The van der Waals surface area contributed by atoms with E-state index in [2.05, 4.69) is 19.2 Å². The van der Waals surface area contributed by atoms with Gasteiger partial charge in [-0.15, -0.1) is 0 Å². The average molecular weight is 283 g/mol. The van der Waals surface area contributed by atoms with Crippen molar-refractivity contribution in [3.8, 4) is 0 Å². The minimum Gasteiger partial charge on any atom is -0.396 e. The topological polar surface area (TPSA) is 49.3 Å². The van der Waals surface area contributed by atoms with Crippen LogP contribution in [0.1, 0.15) is 41.3 Å². The van der Waals surface area contributed by atoms with E-state index in [-0.39, 0.29) is 12.5 Å². The molecule has 0 fully saturated rings. The van der Waals surface area contributed by atoms with Crippen LogP contribution in [-0.4, -0.2) is 17.6 Å². The molecule has 2 aromatic rings. The Kier molecular flexibility index (Phi) is 5.12. The highest BCUT2D eigenvalue weighted by molar-refractivity contribution is 6.04. The summed E-state index contributed by atoms with van der Waals surface area (Å²) in [5.41, 5.74) is 3.69. The summed E-state index contributed by atoms with van der Waals surface area (Å²) in [5, 5.41) is 11.7. The van der Waals surface area contributed by atoms with Crippen LogP contribution in [0.5, 0.6) is 0 Å². The summed E-state index contributed by atoms with van der Waals surface area (Å²) in [5.74, 6) is 0.349. The van der Waals surface area contributed by atoms with Crippen LogP contribution >= 0.6 is 0 Å². The predicted octanol–water partition coefficient (Wildman–Crippen LogP) is 3.60. The molecule has 0 aliphatic rings. The summed E-state index contributed by atoms with van der Waals surface area (Å²) in [6, 6.07) is 15.2. The van der Waals surface area contributed by atoms with Gasteiger partial charge in [-0.2, -0.15) is 0 Å². The van der Waals surface area contributed by atoms with Crippen LogP contribution in [0, 0.1) is 0 Å². The van der Waals surface area contributed by atoms with Gasteiger partial charge in [0.2, 0.25) is 0 Å². The van der Waals surface area contributed by atoms with Gasteiger partial charge in [0.1, 0.15) is 0 Å². The lowest BCUT2D eigenvalue weighted by atomic mass is 10.0. The second-order valence-electron chi connectivity index (χ2n) is 5.40. The van der Waals surface area contributed by atoms with Gasteiger partial charge >= 0.3 is 0 Å². The third-order valence-electron chi connectivity index (χ3n) is 3.45. The van der Waals surface area contributed by atoms with Crippen LogP contribution in [0.4, 0.5) is 5.69 Å². The number of aliphatic hydroxyl groups excluding tert-OH is 1. The maximum absolute atomic E-state index is 12.2. The molecule has 2 rings (SSSR count). The van der Waals surface area contributed by atoms with Crippen molar-refractivity contribution in [1.82, 2.24) is 0 Å². The molecular weight excluding hydrogens is 262 g/mol. The number of amides is 1. The first-order valence-corrected chi connectivity index (χ1v) is 7.21. The second kappa shape index (κ2) is 7.04. The summed E-state index contributed by atoms with van der Waals surface area (Å²) >= 11 is 0. The van der Waals surface area contributed by atoms with Crippen LogP contribution in [0.2, 0.25) is 0 Å². The average Bonchev–Trinajstić information content (AvgIpc) is 2.49. The lowest BCUT2D eigenvalue weighted by molar-refractivity contribution is 0.102. The van der Waals surface area contributed by atoms with Gasteiger partial charge in [-0.25, -0.2) is 0 Å². The number of benzene rings is 2. The number of carbonyl (C=O) groups excluding carboxylic acids is 1. The lowest BCUT2D eigenvalue weighted by Gasteiger charge is -2.08. The molecule has 0 saturated heterocycles. The molecule has 0 unspecified atom stereocenters. The Labute approximate surface area is 125 Å². The highest BCUT2D eigenvalue weighted by Gasteiger charge is 2.07. The summed E-state index contributed by atoms with van der Waals surface area (Å²) in [7, 11) is 0. The first kappa shape index (κ1) is 15.3. The molecule has 0 radical (unpaired) electrons. The number of aliphatic hydroxyl groups is 1. The lowest BCUT2D eigenvalue weighted by Crippen LogP contribution is -2.11. The zero-order chi connectivity index (χ0) is 15.2.